The zero-order chi connectivity index (χ0) is 33.6. The summed E-state index contributed by atoms with van der Waals surface area (Å²) in [5.74, 6) is -1.95. The number of aliphatic hydroxyl groups is 1. The summed E-state index contributed by atoms with van der Waals surface area (Å²) in [6.45, 7) is 4.76. The number of hydrogen-bond acceptors (Lipinski definition) is 11. The number of benzene rings is 2. The quantitative estimate of drug-likeness (QED) is 0.103. The number of aromatic nitrogens is 1. The van der Waals surface area contributed by atoms with E-state index < -0.39 is 53.3 Å². The van der Waals surface area contributed by atoms with Gasteiger partial charge in [-0.05, 0) is 44.7 Å². The first-order valence-electron chi connectivity index (χ1n) is 15.2. The second kappa shape index (κ2) is 14.3. The molecule has 3 amide bonds. The lowest BCUT2D eigenvalue weighted by molar-refractivity contribution is -0.176. The third-order valence-electron chi connectivity index (χ3n) is 7.59. The van der Waals surface area contributed by atoms with E-state index in [1.165, 1.54) is 5.38 Å². The number of anilines is 1. The molecule has 1 aliphatic carbocycles. The van der Waals surface area contributed by atoms with Crippen molar-refractivity contribution in [1.82, 2.24) is 15.6 Å². The molecule has 248 valence electrons. The number of nitrogens with zero attached hydrogens (tertiary/aromatic N) is 2. The molecule has 1 aromatic heterocycles. The molecule has 13 nitrogen and oxygen atoms in total. The molecule has 2 aliphatic rings. The molecular weight excluding hydrogens is 626 g/mol. The topological polar surface area (TPSA) is 178 Å². The van der Waals surface area contributed by atoms with E-state index in [0.717, 1.165) is 22.5 Å². The predicted octanol–water partition coefficient (Wildman–Crippen LogP) is 3.83. The van der Waals surface area contributed by atoms with Crippen LogP contribution in [0.1, 0.15) is 69.4 Å². The molecule has 0 radical (unpaired) electrons. The molecule has 0 spiro atoms. The Morgan fingerprint density at radius 2 is 1.68 bits per heavy atom. The van der Waals surface area contributed by atoms with E-state index in [0.29, 0.717) is 25.7 Å². The highest BCUT2D eigenvalue weighted by Gasteiger charge is 2.48. The van der Waals surface area contributed by atoms with E-state index in [-0.39, 0.29) is 23.1 Å². The molecule has 1 aliphatic heterocycles. The Bertz CT molecular complexity index is 1580. The van der Waals surface area contributed by atoms with Crippen molar-refractivity contribution in [3.8, 4) is 0 Å². The van der Waals surface area contributed by atoms with Gasteiger partial charge in [-0.2, -0.15) is 0 Å². The Morgan fingerprint density at radius 3 is 2.23 bits per heavy atom. The number of aliphatic hydroxyl groups excluding tert-OH is 1. The third kappa shape index (κ3) is 8.13. The summed E-state index contributed by atoms with van der Waals surface area (Å²) in [7, 11) is 0. The molecule has 0 unspecified atom stereocenters. The minimum absolute atomic E-state index is 0.0202. The van der Waals surface area contributed by atoms with Gasteiger partial charge in [0, 0.05) is 18.2 Å². The Balaban J connectivity index is 1.42. The fourth-order valence-corrected chi connectivity index (χ4v) is 5.90. The van der Waals surface area contributed by atoms with Gasteiger partial charge in [0.25, 0.3) is 5.91 Å². The number of thiazole rings is 1. The number of oxime groups is 1. The van der Waals surface area contributed by atoms with Gasteiger partial charge in [0.2, 0.25) is 11.5 Å². The molecule has 2 heterocycles. The smallest absolute Gasteiger partial charge is 0.413 e. The van der Waals surface area contributed by atoms with Crippen molar-refractivity contribution >= 4 is 46.1 Å². The van der Waals surface area contributed by atoms with Crippen molar-refractivity contribution in [2.75, 3.05) is 11.9 Å². The average molecular weight is 664 g/mol. The van der Waals surface area contributed by atoms with E-state index in [1.54, 1.807) is 20.8 Å². The minimum atomic E-state index is -1.50. The van der Waals surface area contributed by atoms with Crippen LogP contribution in [0.4, 0.5) is 9.93 Å². The van der Waals surface area contributed by atoms with Crippen LogP contribution in [0.3, 0.4) is 0 Å². The van der Waals surface area contributed by atoms with Crippen LogP contribution in [0.15, 0.2) is 71.2 Å². The lowest BCUT2D eigenvalue weighted by Crippen LogP contribution is -2.70. The number of amides is 3. The molecule has 5 rings (SSSR count). The van der Waals surface area contributed by atoms with Crippen LogP contribution >= 0.6 is 11.3 Å². The van der Waals surface area contributed by atoms with Crippen LogP contribution in [0.25, 0.3) is 0 Å². The van der Waals surface area contributed by atoms with Crippen molar-refractivity contribution in [1.29, 1.82) is 0 Å². The lowest BCUT2D eigenvalue weighted by Gasteiger charge is -2.35. The van der Waals surface area contributed by atoms with Gasteiger partial charge in [-0.1, -0.05) is 65.8 Å². The maximum Gasteiger partial charge on any atom is 0.413 e. The first-order chi connectivity index (χ1) is 22.5. The molecule has 1 saturated heterocycles. The van der Waals surface area contributed by atoms with Gasteiger partial charge in [0.05, 0.1) is 12.6 Å². The Morgan fingerprint density at radius 1 is 1.06 bits per heavy atom. The number of rotatable bonds is 11. The van der Waals surface area contributed by atoms with Crippen LogP contribution in [0, 0.1) is 0 Å². The summed E-state index contributed by atoms with van der Waals surface area (Å²) in [5.41, 5.74) is -1.02. The zero-order valence-electron chi connectivity index (χ0n) is 26.2. The summed E-state index contributed by atoms with van der Waals surface area (Å²) in [6, 6.07) is 17.0. The Hall–Kier alpha value is -4.82. The summed E-state index contributed by atoms with van der Waals surface area (Å²) in [4.78, 5) is 62.3. The maximum absolute atomic E-state index is 14.0. The molecule has 14 heteroatoms. The number of ether oxygens (including phenoxy) is 2. The number of nitrogens with one attached hydrogen (secondary N) is 3. The first-order valence-corrected chi connectivity index (χ1v) is 16.1. The Kier molecular flexibility index (Phi) is 10.2. The van der Waals surface area contributed by atoms with Crippen LogP contribution in [-0.2, 0) is 28.7 Å². The number of carbonyl (C=O) groups excluding carboxylic acids is 4. The lowest BCUT2D eigenvalue weighted by atomic mass is 9.99. The van der Waals surface area contributed by atoms with Crippen molar-refractivity contribution in [2.24, 2.45) is 5.16 Å². The summed E-state index contributed by atoms with van der Waals surface area (Å²) >= 11 is 1.01. The van der Waals surface area contributed by atoms with Gasteiger partial charge < -0.3 is 30.1 Å². The summed E-state index contributed by atoms with van der Waals surface area (Å²) < 4.78 is 11.4. The highest BCUT2D eigenvalue weighted by atomic mass is 32.1. The van der Waals surface area contributed by atoms with E-state index in [9.17, 15) is 24.3 Å². The van der Waals surface area contributed by atoms with Gasteiger partial charge in [-0.15, -0.1) is 11.3 Å². The van der Waals surface area contributed by atoms with Gasteiger partial charge in [-0.3, -0.25) is 14.9 Å². The van der Waals surface area contributed by atoms with Gasteiger partial charge in [0.15, 0.2) is 16.9 Å². The van der Waals surface area contributed by atoms with Crippen LogP contribution in [-0.4, -0.2) is 69.6 Å². The molecule has 2 aromatic carbocycles. The van der Waals surface area contributed by atoms with Crippen molar-refractivity contribution in [3.05, 3.63) is 82.9 Å². The number of hydrogen-bond donors (Lipinski definition) is 4. The average Bonchev–Trinajstić information content (AvgIpc) is 3.72. The van der Waals surface area contributed by atoms with E-state index in [4.69, 9.17) is 14.3 Å². The fourth-order valence-electron chi connectivity index (χ4n) is 5.21. The summed E-state index contributed by atoms with van der Waals surface area (Å²) in [5, 5.41) is 22.9. The second-order valence-electron chi connectivity index (χ2n) is 12.3. The standard InChI is InChI=1S/C33H37N5O8S/c1-32(2,3)45-31(43)37-30-35-23(19-47-30)25(28(41)36-24-22(18-39)34-27(24)40)38-46-33(16-10-11-17-33)29(42)44-26(20-12-6-4-7-13-20)21-14-8-5-9-15-21/h4-9,12-15,19,22,24,26,39H,10-11,16-18H2,1-3H3,(H,34,40)(H,36,41)(H,35,37,43)/b38-25-/t22-,24+/m1/s1. The fraction of sp³-hybridized carbons (Fsp3) is 0.394. The van der Waals surface area contributed by atoms with Gasteiger partial charge >= 0.3 is 12.1 Å². The molecule has 1 saturated carbocycles. The second-order valence-corrected chi connectivity index (χ2v) is 13.1. The van der Waals surface area contributed by atoms with Gasteiger partial charge in [0.1, 0.15) is 17.3 Å². The number of β-lactam (4-membered cyclic amide) rings is 1. The van der Waals surface area contributed by atoms with E-state index in [1.807, 2.05) is 60.7 Å². The SMILES string of the molecule is CC(C)(C)OC(=O)Nc1nc(/C(=N/OC2(C(=O)OC(c3ccccc3)c3ccccc3)CCCC2)C(=O)N[C@@H]2C(=O)N[C@@H]2CO)cs1. The normalized spacial score (nSPS) is 18.9. The zero-order valence-corrected chi connectivity index (χ0v) is 27.0. The van der Waals surface area contributed by atoms with E-state index in [2.05, 4.69) is 26.1 Å². The molecule has 0 bridgehead atoms. The van der Waals surface area contributed by atoms with Crippen LogP contribution < -0.4 is 16.0 Å². The highest BCUT2D eigenvalue weighted by molar-refractivity contribution is 7.14. The summed E-state index contributed by atoms with van der Waals surface area (Å²) in [6.07, 6.45) is 0.448. The molecular formula is C33H37N5O8S. The van der Waals surface area contributed by atoms with E-state index >= 15 is 0 Å². The molecule has 3 aromatic rings. The van der Waals surface area contributed by atoms with Crippen LogP contribution in [0.2, 0.25) is 0 Å². The third-order valence-corrected chi connectivity index (χ3v) is 8.35. The highest BCUT2D eigenvalue weighted by Crippen LogP contribution is 2.38. The maximum atomic E-state index is 14.0. The Labute approximate surface area is 275 Å². The van der Waals surface area contributed by atoms with Crippen molar-refractivity contribution in [2.45, 2.75) is 75.8 Å². The largest absolute Gasteiger partial charge is 0.450 e. The molecule has 2 fully saturated rings. The molecule has 47 heavy (non-hydrogen) atoms. The van der Waals surface area contributed by atoms with Crippen LogP contribution in [0.5, 0.6) is 0 Å². The number of esters is 1. The predicted molar refractivity (Wildman–Crippen MR) is 173 cm³/mol. The minimum Gasteiger partial charge on any atom is -0.450 e. The molecule has 2 atom stereocenters. The molecule has 4 N–H and O–H groups in total. The monoisotopic (exact) mass is 663 g/mol. The number of carbonyl (C=O) groups is 4. The van der Waals surface area contributed by atoms with Crippen molar-refractivity contribution in [3.63, 3.8) is 0 Å². The first kappa shape index (κ1) is 33.5. The van der Waals surface area contributed by atoms with Crippen molar-refractivity contribution < 1.29 is 38.6 Å². The van der Waals surface area contributed by atoms with Gasteiger partial charge in [-0.25, -0.2) is 14.6 Å².